The highest BCUT2D eigenvalue weighted by Gasteiger charge is 2.22. The summed E-state index contributed by atoms with van der Waals surface area (Å²) < 4.78 is 29.8. The van der Waals surface area contributed by atoms with Crippen LogP contribution in [0.1, 0.15) is 10.4 Å². The minimum atomic E-state index is -4.23. The van der Waals surface area contributed by atoms with E-state index in [9.17, 15) is 23.3 Å². The molecule has 0 amide bonds. The van der Waals surface area contributed by atoms with E-state index in [-0.39, 0.29) is 34.2 Å². The fourth-order valence-electron chi connectivity index (χ4n) is 2.04. The van der Waals surface area contributed by atoms with E-state index in [0.29, 0.717) is 0 Å². The van der Waals surface area contributed by atoms with Gasteiger partial charge in [0.25, 0.3) is 5.69 Å². The minimum Gasteiger partial charge on any atom is -0.378 e. The lowest BCUT2D eigenvalue weighted by Crippen LogP contribution is -2.22. The van der Waals surface area contributed by atoms with Crippen molar-refractivity contribution in [3.63, 3.8) is 0 Å². The van der Waals surface area contributed by atoms with Crippen molar-refractivity contribution in [2.24, 2.45) is 0 Å². The molecule has 0 heterocycles. The van der Waals surface area contributed by atoms with Crippen LogP contribution in [0.4, 0.5) is 5.69 Å². The van der Waals surface area contributed by atoms with E-state index in [1.165, 1.54) is 12.1 Å². The van der Waals surface area contributed by atoms with Crippen molar-refractivity contribution in [1.29, 1.82) is 0 Å². The van der Waals surface area contributed by atoms with E-state index in [0.717, 1.165) is 24.3 Å². The second kappa shape index (κ2) is 7.41. The van der Waals surface area contributed by atoms with E-state index in [1.807, 2.05) is 0 Å². The zero-order chi connectivity index (χ0) is 18.6. The quantitative estimate of drug-likeness (QED) is 0.320. The zero-order valence-electron chi connectivity index (χ0n) is 13.6. The second-order valence-corrected chi connectivity index (χ2v) is 6.99. The molecule has 0 aliphatic heterocycles. The van der Waals surface area contributed by atoms with Gasteiger partial charge in [-0.3, -0.25) is 14.9 Å². The molecule has 0 radical (unpaired) electrons. The normalized spacial score (nSPS) is 11.3. The molecular weight excluding hydrogens is 348 g/mol. The highest BCUT2D eigenvalue weighted by Crippen LogP contribution is 2.24. The Morgan fingerprint density at radius 1 is 1.12 bits per heavy atom. The number of Topliss-reactive ketones (excluding diaryl/α,β-unsaturated/α-hetero) is 1. The van der Waals surface area contributed by atoms with Crippen molar-refractivity contribution in [2.75, 3.05) is 20.6 Å². The predicted octanol–water partition coefficient (Wildman–Crippen LogP) is 2.11. The van der Waals surface area contributed by atoms with Gasteiger partial charge in [0, 0.05) is 12.1 Å². The Bertz CT molecular complexity index is 891. The lowest BCUT2D eigenvalue weighted by Gasteiger charge is -2.13. The number of carbonyl (C=O) groups excluding carboxylic acids is 1. The lowest BCUT2D eigenvalue weighted by molar-refractivity contribution is -0.384. The van der Waals surface area contributed by atoms with Crippen LogP contribution >= 0.6 is 0 Å². The molecule has 0 aliphatic carbocycles. The fraction of sp³-hybridized carbons (Fsp3) is 0.188. The Hall–Kier alpha value is -2.78. The van der Waals surface area contributed by atoms with Crippen molar-refractivity contribution in [3.05, 3.63) is 64.2 Å². The predicted molar refractivity (Wildman–Crippen MR) is 90.2 cm³/mol. The average Bonchev–Trinajstić information content (AvgIpc) is 2.54. The first-order chi connectivity index (χ1) is 11.7. The molecule has 0 fully saturated rings. The molecular formula is C16H16N2O6S. The van der Waals surface area contributed by atoms with E-state index < -0.39 is 15.0 Å². The summed E-state index contributed by atoms with van der Waals surface area (Å²) in [4.78, 5) is 23.7. The maximum atomic E-state index is 12.4. The largest absolute Gasteiger partial charge is 0.378 e. The van der Waals surface area contributed by atoms with Crippen molar-refractivity contribution in [2.45, 2.75) is 4.90 Å². The molecule has 25 heavy (non-hydrogen) atoms. The monoisotopic (exact) mass is 364 g/mol. The van der Waals surface area contributed by atoms with Gasteiger partial charge < -0.3 is 9.08 Å². The molecule has 2 aromatic carbocycles. The number of benzene rings is 2. The van der Waals surface area contributed by atoms with Gasteiger partial charge in [-0.25, -0.2) is 0 Å². The number of hydrogen-bond donors (Lipinski definition) is 0. The fourth-order valence-corrected chi connectivity index (χ4v) is 2.99. The number of rotatable bonds is 7. The molecule has 0 spiro atoms. The van der Waals surface area contributed by atoms with Crippen LogP contribution in [0.25, 0.3) is 0 Å². The van der Waals surface area contributed by atoms with Crippen molar-refractivity contribution in [3.8, 4) is 5.75 Å². The van der Waals surface area contributed by atoms with Crippen LogP contribution in [-0.2, 0) is 10.1 Å². The summed E-state index contributed by atoms with van der Waals surface area (Å²) in [7, 11) is -0.794. The molecule has 0 aromatic heterocycles. The van der Waals surface area contributed by atoms with Crippen LogP contribution in [0.3, 0.4) is 0 Å². The number of likely N-dealkylation sites (N-methyl/N-ethyl adjacent to an activating group) is 1. The van der Waals surface area contributed by atoms with E-state index in [2.05, 4.69) is 0 Å². The minimum absolute atomic E-state index is 0.0901. The number of ketones is 1. The van der Waals surface area contributed by atoms with Gasteiger partial charge in [-0.2, -0.15) is 8.42 Å². The maximum absolute atomic E-state index is 12.4. The van der Waals surface area contributed by atoms with Gasteiger partial charge in [0.1, 0.15) is 4.90 Å². The number of carbonyl (C=O) groups is 1. The van der Waals surface area contributed by atoms with Gasteiger partial charge in [0.15, 0.2) is 11.5 Å². The van der Waals surface area contributed by atoms with Crippen LogP contribution in [0.2, 0.25) is 0 Å². The van der Waals surface area contributed by atoms with Crippen LogP contribution in [-0.4, -0.2) is 44.7 Å². The van der Waals surface area contributed by atoms with Crippen LogP contribution < -0.4 is 4.18 Å². The van der Waals surface area contributed by atoms with Crippen LogP contribution in [0, 0.1) is 10.1 Å². The van der Waals surface area contributed by atoms with Crippen LogP contribution in [0.15, 0.2) is 53.4 Å². The number of nitro groups is 1. The SMILES string of the molecule is CN(C)CC(=O)c1ccccc1OS(=O)(=O)c1ccc([N+](=O)[O-])cc1. The van der Waals surface area contributed by atoms with Crippen LogP contribution in [0.5, 0.6) is 5.75 Å². The van der Waals surface area contributed by atoms with Crippen molar-refractivity contribution < 1.29 is 22.3 Å². The average molecular weight is 364 g/mol. The van der Waals surface area contributed by atoms with E-state index in [1.54, 1.807) is 31.1 Å². The number of para-hydroxylation sites is 1. The van der Waals surface area contributed by atoms with Gasteiger partial charge in [0.05, 0.1) is 17.0 Å². The third-order valence-electron chi connectivity index (χ3n) is 3.18. The smallest absolute Gasteiger partial charge is 0.339 e. The Morgan fingerprint density at radius 3 is 2.28 bits per heavy atom. The number of nitrogens with zero attached hydrogens (tertiary/aromatic N) is 2. The molecule has 0 saturated carbocycles. The Morgan fingerprint density at radius 2 is 1.72 bits per heavy atom. The molecule has 0 unspecified atom stereocenters. The molecule has 8 nitrogen and oxygen atoms in total. The molecule has 2 aromatic rings. The molecule has 0 saturated heterocycles. The molecule has 132 valence electrons. The highest BCUT2D eigenvalue weighted by atomic mass is 32.2. The highest BCUT2D eigenvalue weighted by molar-refractivity contribution is 7.87. The molecule has 0 bridgehead atoms. The first kappa shape index (κ1) is 18.6. The number of non-ortho nitro benzene ring substituents is 1. The summed E-state index contributed by atoms with van der Waals surface area (Å²) in [6, 6.07) is 10.3. The zero-order valence-corrected chi connectivity index (χ0v) is 14.4. The van der Waals surface area contributed by atoms with Gasteiger partial charge in [-0.15, -0.1) is 0 Å². The van der Waals surface area contributed by atoms with Gasteiger partial charge >= 0.3 is 10.1 Å². The van der Waals surface area contributed by atoms with Gasteiger partial charge in [-0.1, -0.05) is 12.1 Å². The topological polar surface area (TPSA) is 107 Å². The Balaban J connectivity index is 2.32. The molecule has 0 N–H and O–H groups in total. The second-order valence-electron chi connectivity index (χ2n) is 5.45. The maximum Gasteiger partial charge on any atom is 0.339 e. The third kappa shape index (κ3) is 4.61. The van der Waals surface area contributed by atoms with Crippen molar-refractivity contribution >= 4 is 21.6 Å². The third-order valence-corrected chi connectivity index (χ3v) is 4.43. The summed E-state index contributed by atoms with van der Waals surface area (Å²) in [5.41, 5.74) is -0.0952. The molecule has 0 aliphatic rings. The molecule has 9 heteroatoms. The number of hydrogen-bond acceptors (Lipinski definition) is 7. The Kier molecular flexibility index (Phi) is 5.50. The lowest BCUT2D eigenvalue weighted by atomic mass is 10.1. The van der Waals surface area contributed by atoms with Crippen molar-refractivity contribution in [1.82, 2.24) is 4.90 Å². The molecule has 0 atom stereocenters. The summed E-state index contributed by atoms with van der Waals surface area (Å²) >= 11 is 0. The summed E-state index contributed by atoms with van der Waals surface area (Å²) in [5, 5.41) is 10.6. The summed E-state index contributed by atoms with van der Waals surface area (Å²) in [6.45, 7) is 0.0952. The standard InChI is InChI=1S/C16H16N2O6S/c1-17(2)11-15(19)14-5-3-4-6-16(14)24-25(22,23)13-9-7-12(8-10-13)18(20)21/h3-10H,11H2,1-2H3. The number of nitro benzene ring substituents is 1. The van der Waals surface area contributed by atoms with E-state index >= 15 is 0 Å². The first-order valence-electron chi connectivity index (χ1n) is 7.16. The van der Waals surface area contributed by atoms with Gasteiger partial charge in [-0.05, 0) is 38.4 Å². The van der Waals surface area contributed by atoms with Gasteiger partial charge in [0.2, 0.25) is 0 Å². The summed E-state index contributed by atoms with van der Waals surface area (Å²) in [5.74, 6) is -0.382. The molecule has 2 rings (SSSR count). The summed E-state index contributed by atoms with van der Waals surface area (Å²) in [6.07, 6.45) is 0. The Labute approximate surface area is 144 Å². The first-order valence-corrected chi connectivity index (χ1v) is 8.57. The van der Waals surface area contributed by atoms with E-state index in [4.69, 9.17) is 4.18 Å².